The van der Waals surface area contributed by atoms with Crippen LogP contribution in [-0.4, -0.2) is 66.9 Å². The third kappa shape index (κ3) is 6.49. The van der Waals surface area contributed by atoms with Crippen molar-refractivity contribution in [2.24, 2.45) is 0 Å². The quantitative estimate of drug-likeness (QED) is 0.215. The molecule has 0 spiro atoms. The highest BCUT2D eigenvalue weighted by Crippen LogP contribution is 2.40. The molecule has 3 heterocycles. The van der Waals surface area contributed by atoms with Crippen molar-refractivity contribution in [2.45, 2.75) is 25.3 Å². The Balaban J connectivity index is 0.00000353. The van der Waals surface area contributed by atoms with Gasteiger partial charge in [-0.25, -0.2) is 4.79 Å². The summed E-state index contributed by atoms with van der Waals surface area (Å²) in [5.74, 6) is 1.26. The Hall–Kier alpha value is -3.23. The van der Waals surface area contributed by atoms with Gasteiger partial charge in [-0.3, -0.25) is 9.80 Å². The number of hydrogen-bond acceptors (Lipinski definition) is 5. The van der Waals surface area contributed by atoms with Gasteiger partial charge in [-0.05, 0) is 91.5 Å². The minimum atomic E-state index is -0.416. The number of H-pyrrole nitrogens is 1. The number of carbonyl (C=O) groups is 1. The lowest BCUT2D eigenvalue weighted by Crippen LogP contribution is -2.42. The van der Waals surface area contributed by atoms with E-state index in [0.29, 0.717) is 35.4 Å². The summed E-state index contributed by atoms with van der Waals surface area (Å²) < 4.78 is 17.2. The highest BCUT2D eigenvalue weighted by Gasteiger charge is 2.35. The Morgan fingerprint density at radius 3 is 2.44 bits per heavy atom. The molecular weight excluding hydrogens is 561 g/mol. The maximum Gasteiger partial charge on any atom is 0.416 e. The first kappa shape index (κ1) is 27.9. The van der Waals surface area contributed by atoms with E-state index in [-0.39, 0.29) is 7.47 Å². The molecule has 4 aromatic rings. The Kier molecular flexibility index (Phi) is 8.67. The third-order valence-corrected chi connectivity index (χ3v) is 8.27. The smallest absolute Gasteiger partial charge is 0.416 e. The molecule has 1 aromatic heterocycles. The number of rotatable bonds is 8. The lowest BCUT2D eigenvalue weighted by molar-refractivity contribution is 0.0368. The summed E-state index contributed by atoms with van der Waals surface area (Å²) in [6.45, 7) is 5.93. The van der Waals surface area contributed by atoms with Crippen LogP contribution in [0.15, 0.2) is 66.7 Å². The Labute approximate surface area is 251 Å². The number of amides is 1. The van der Waals surface area contributed by atoms with Gasteiger partial charge in [0.25, 0.3) is 0 Å². The second-order valence-corrected chi connectivity index (χ2v) is 11.3. The number of ether oxygens (including phenoxy) is 3. The van der Waals surface area contributed by atoms with Crippen LogP contribution in [0.25, 0.3) is 10.9 Å². The Morgan fingerprint density at radius 1 is 0.927 bits per heavy atom. The molecule has 1 fully saturated rings. The Bertz CT molecular complexity index is 1490. The monoisotopic (exact) mass is 595 g/mol. The first-order chi connectivity index (χ1) is 20.0. The van der Waals surface area contributed by atoms with Gasteiger partial charge in [-0.1, -0.05) is 35.3 Å². The first-order valence-corrected chi connectivity index (χ1v) is 14.9. The van der Waals surface area contributed by atoms with Gasteiger partial charge in [0.1, 0.15) is 17.5 Å². The number of carbonyl (C=O) groups excluding carboxylic acids is 1. The van der Waals surface area contributed by atoms with Crippen LogP contribution < -0.4 is 9.47 Å². The molecule has 1 N–H and O–H groups in total. The molecule has 7 nitrogen and oxygen atoms in total. The normalized spacial score (nSPS) is 17.4. The highest BCUT2D eigenvalue weighted by atomic mass is 35.5. The maximum atomic E-state index is 13.5. The summed E-state index contributed by atoms with van der Waals surface area (Å²) in [5, 5.41) is 2.36. The van der Waals surface area contributed by atoms with E-state index in [4.69, 9.17) is 37.4 Å². The predicted molar refractivity (Wildman–Crippen MR) is 164 cm³/mol. The molecule has 6 rings (SSSR count). The van der Waals surface area contributed by atoms with E-state index in [0.717, 1.165) is 73.6 Å². The van der Waals surface area contributed by atoms with Crippen LogP contribution >= 0.6 is 23.2 Å². The van der Waals surface area contributed by atoms with Crippen LogP contribution in [0.1, 0.15) is 37.1 Å². The minimum absolute atomic E-state index is 0. The van der Waals surface area contributed by atoms with Crippen molar-refractivity contribution >= 4 is 40.2 Å². The maximum absolute atomic E-state index is 13.5. The minimum Gasteiger partial charge on any atom is -0.494 e. The molecule has 0 saturated carbocycles. The van der Waals surface area contributed by atoms with Crippen LogP contribution in [0.3, 0.4) is 0 Å². The number of nitrogens with zero attached hydrogens (tertiary/aromatic N) is 2. The molecule has 2 aliphatic heterocycles. The lowest BCUT2D eigenvalue weighted by Gasteiger charge is -2.35. The van der Waals surface area contributed by atoms with Crippen LogP contribution in [0.5, 0.6) is 11.5 Å². The SMILES string of the molecule is O=C(Oc1ccc(Cl)cc1)N1CCc2c([nH]c3ccc(Cl)cc23)C1c1ccc(OCCCCN2CCOCC2)cc1.[HH]. The van der Waals surface area contributed by atoms with Crippen molar-refractivity contribution in [2.75, 3.05) is 46.0 Å². The summed E-state index contributed by atoms with van der Waals surface area (Å²) in [7, 11) is 0. The number of aromatic amines is 1. The van der Waals surface area contributed by atoms with E-state index >= 15 is 0 Å². The van der Waals surface area contributed by atoms with E-state index < -0.39 is 6.09 Å². The summed E-state index contributed by atoms with van der Waals surface area (Å²) in [6, 6.07) is 20.3. The van der Waals surface area contributed by atoms with Crippen LogP contribution in [0, 0.1) is 0 Å². The van der Waals surface area contributed by atoms with Gasteiger partial charge >= 0.3 is 6.09 Å². The molecular formula is C32H35Cl2N3O4. The number of morpholine rings is 1. The molecule has 0 aliphatic carbocycles. The molecule has 41 heavy (non-hydrogen) atoms. The van der Waals surface area contributed by atoms with Gasteiger partial charge < -0.3 is 19.2 Å². The molecule has 2 aliphatic rings. The fraction of sp³-hybridized carbons (Fsp3) is 0.344. The van der Waals surface area contributed by atoms with E-state index in [1.165, 1.54) is 5.56 Å². The van der Waals surface area contributed by atoms with E-state index in [1.807, 2.05) is 42.5 Å². The van der Waals surface area contributed by atoms with Crippen LogP contribution in [-0.2, 0) is 11.2 Å². The first-order valence-electron chi connectivity index (χ1n) is 14.1. The zero-order chi connectivity index (χ0) is 28.2. The molecule has 0 bridgehead atoms. The zero-order valence-corrected chi connectivity index (χ0v) is 24.3. The standard InChI is InChI=1S/C32H33Cl2N3O4.H2/c33-23-5-10-26(11-6-23)41-32(38)37-15-13-27-28-21-24(34)7-12-29(28)35-30(27)31(37)22-3-8-25(9-4-22)40-18-2-1-14-36-16-19-39-20-17-36;/h3-12,21,31,35H,1-2,13-20H2;1H. The second kappa shape index (κ2) is 12.7. The van der Waals surface area contributed by atoms with Gasteiger partial charge in [0, 0.05) is 47.7 Å². The van der Waals surface area contributed by atoms with Crippen molar-refractivity contribution in [3.63, 3.8) is 0 Å². The van der Waals surface area contributed by atoms with Gasteiger partial charge in [0.05, 0.1) is 19.8 Å². The predicted octanol–water partition coefficient (Wildman–Crippen LogP) is 7.36. The molecule has 0 radical (unpaired) electrons. The summed E-state index contributed by atoms with van der Waals surface area (Å²) >= 11 is 12.4. The number of halogens is 2. The molecule has 1 amide bonds. The van der Waals surface area contributed by atoms with Crippen LogP contribution in [0.2, 0.25) is 10.0 Å². The summed E-state index contributed by atoms with van der Waals surface area (Å²) in [5.41, 5.74) is 4.10. The molecule has 1 saturated heterocycles. The largest absolute Gasteiger partial charge is 0.494 e. The number of benzene rings is 3. The van der Waals surface area contributed by atoms with Crippen molar-refractivity contribution in [3.8, 4) is 11.5 Å². The van der Waals surface area contributed by atoms with Crippen molar-refractivity contribution < 1.29 is 20.4 Å². The number of aromatic nitrogens is 1. The van der Waals surface area contributed by atoms with E-state index in [1.54, 1.807) is 29.2 Å². The zero-order valence-electron chi connectivity index (χ0n) is 22.8. The number of unbranched alkanes of at least 4 members (excludes halogenated alkanes) is 1. The third-order valence-electron chi connectivity index (χ3n) is 7.78. The van der Waals surface area contributed by atoms with E-state index in [2.05, 4.69) is 9.88 Å². The van der Waals surface area contributed by atoms with E-state index in [9.17, 15) is 4.79 Å². The van der Waals surface area contributed by atoms with Crippen molar-refractivity contribution in [3.05, 3.63) is 93.6 Å². The average Bonchev–Trinajstić information content (AvgIpc) is 3.36. The van der Waals surface area contributed by atoms with Crippen molar-refractivity contribution in [1.82, 2.24) is 14.8 Å². The molecule has 1 atom stereocenters. The second-order valence-electron chi connectivity index (χ2n) is 10.5. The van der Waals surface area contributed by atoms with Crippen LogP contribution in [0.4, 0.5) is 4.79 Å². The lowest BCUT2D eigenvalue weighted by atomic mass is 9.92. The average molecular weight is 597 g/mol. The van der Waals surface area contributed by atoms with Gasteiger partial charge in [0.15, 0.2) is 0 Å². The van der Waals surface area contributed by atoms with Gasteiger partial charge in [-0.15, -0.1) is 0 Å². The molecule has 216 valence electrons. The molecule has 3 aromatic carbocycles. The topological polar surface area (TPSA) is 67.0 Å². The molecule has 1 unspecified atom stereocenters. The number of nitrogens with one attached hydrogen (secondary N) is 1. The molecule has 9 heteroatoms. The number of fused-ring (bicyclic) bond motifs is 3. The Morgan fingerprint density at radius 2 is 1.66 bits per heavy atom. The van der Waals surface area contributed by atoms with Gasteiger partial charge in [-0.2, -0.15) is 0 Å². The highest BCUT2D eigenvalue weighted by molar-refractivity contribution is 6.31. The fourth-order valence-corrected chi connectivity index (χ4v) is 5.96. The van der Waals surface area contributed by atoms with Crippen molar-refractivity contribution in [1.29, 1.82) is 0 Å². The fourth-order valence-electron chi connectivity index (χ4n) is 5.66. The summed E-state index contributed by atoms with van der Waals surface area (Å²) in [4.78, 5) is 21.3. The van der Waals surface area contributed by atoms with Gasteiger partial charge in [0.2, 0.25) is 0 Å². The summed E-state index contributed by atoms with van der Waals surface area (Å²) in [6.07, 6.45) is 2.36. The number of hydrogen-bond donors (Lipinski definition) is 1.